The second-order valence-corrected chi connectivity index (χ2v) is 5.34. The summed E-state index contributed by atoms with van der Waals surface area (Å²) in [6.45, 7) is 1.96. The summed E-state index contributed by atoms with van der Waals surface area (Å²) in [6.07, 6.45) is 5.18. The van der Waals surface area contributed by atoms with E-state index in [-0.39, 0.29) is 0 Å². The van der Waals surface area contributed by atoms with E-state index in [2.05, 4.69) is 10.4 Å². The first kappa shape index (κ1) is 10.4. The van der Waals surface area contributed by atoms with Crippen molar-refractivity contribution in [3.05, 3.63) is 33.1 Å². The summed E-state index contributed by atoms with van der Waals surface area (Å²) in [5, 5.41) is 5.56. The molecule has 0 atom stereocenters. The van der Waals surface area contributed by atoms with E-state index in [1.165, 1.54) is 0 Å². The van der Waals surface area contributed by atoms with Crippen molar-refractivity contribution in [2.24, 2.45) is 10.4 Å². The monoisotopic (exact) mass is 349 g/mol. The number of nitrogens with zero attached hydrogens (tertiary/aromatic N) is 2. The van der Waals surface area contributed by atoms with E-state index >= 15 is 0 Å². The molecule has 0 amide bonds. The van der Waals surface area contributed by atoms with Crippen molar-refractivity contribution in [2.45, 2.75) is 23.8 Å². The number of nitroso groups, excluding NO2 is 2. The van der Waals surface area contributed by atoms with Crippen LogP contribution in [0.4, 0.5) is 0 Å². The van der Waals surface area contributed by atoms with Gasteiger partial charge in [-0.1, -0.05) is 0 Å². The molecule has 13 heavy (non-hydrogen) atoms. The Labute approximate surface area is 87.3 Å². The molecule has 0 bridgehead atoms. The van der Waals surface area contributed by atoms with Gasteiger partial charge in [0.25, 0.3) is 0 Å². The normalized spacial score (nSPS) is 16.4. The van der Waals surface area contributed by atoms with Crippen LogP contribution in [0.15, 0.2) is 33.7 Å². The molecule has 1 rings (SSSR count). The van der Waals surface area contributed by atoms with E-state index in [9.17, 15) is 9.81 Å². The fourth-order valence-electron chi connectivity index (χ4n) is 1.23. The molecular formula is C8H9N2O2W. The molecular weight excluding hydrogens is 340 g/mol. The summed E-state index contributed by atoms with van der Waals surface area (Å²) < 4.78 is -1.25. The van der Waals surface area contributed by atoms with Gasteiger partial charge >= 0.3 is 87.1 Å². The van der Waals surface area contributed by atoms with Gasteiger partial charge in [0, 0.05) is 0 Å². The fourth-order valence-corrected chi connectivity index (χ4v) is 1.85. The second-order valence-electron chi connectivity index (χ2n) is 3.00. The SMILES string of the molecule is CC1=C(C[C]([W])(N=O)N=O)CC=C1. The zero-order chi connectivity index (χ0) is 9.90. The minimum absolute atomic E-state index is 0.369. The predicted molar refractivity (Wildman–Crippen MR) is 45.4 cm³/mol. The van der Waals surface area contributed by atoms with Gasteiger partial charge in [-0.05, 0) is 0 Å². The van der Waals surface area contributed by atoms with E-state index in [4.69, 9.17) is 0 Å². The summed E-state index contributed by atoms with van der Waals surface area (Å²) in [7, 11) is 0. The Hall–Kier alpha value is -0.632. The van der Waals surface area contributed by atoms with Gasteiger partial charge in [0.05, 0.1) is 0 Å². The molecule has 0 unspecified atom stereocenters. The number of hydrogen-bond acceptors (Lipinski definition) is 4. The molecule has 0 saturated heterocycles. The average Bonchev–Trinajstić information content (AvgIpc) is 2.52. The van der Waals surface area contributed by atoms with Gasteiger partial charge in [0.15, 0.2) is 0 Å². The second kappa shape index (κ2) is 4.05. The molecule has 0 fully saturated rings. The zero-order valence-corrected chi connectivity index (χ0v) is 10.1. The topological polar surface area (TPSA) is 58.9 Å². The van der Waals surface area contributed by atoms with Gasteiger partial charge < -0.3 is 0 Å². The summed E-state index contributed by atoms with van der Waals surface area (Å²) in [5.41, 5.74) is 2.21. The third-order valence-corrected chi connectivity index (χ3v) is 3.07. The van der Waals surface area contributed by atoms with Crippen LogP contribution >= 0.6 is 0 Å². The Bertz CT molecular complexity index is 289. The Morgan fingerprint density at radius 3 is 2.54 bits per heavy atom. The third kappa shape index (κ3) is 2.40. The molecule has 0 aliphatic heterocycles. The van der Waals surface area contributed by atoms with Crippen LogP contribution in [-0.2, 0) is 19.8 Å². The van der Waals surface area contributed by atoms with Crippen LogP contribution in [0.1, 0.15) is 19.8 Å². The standard InChI is InChI=1S/C8H9N2O2.W/c1-6-3-2-4-7(6)5-8(9-11)10-12;/h2-3H,4-5H2,1H3;. The Morgan fingerprint density at radius 1 is 1.54 bits per heavy atom. The molecule has 0 heterocycles. The van der Waals surface area contributed by atoms with Crippen LogP contribution in [0.5, 0.6) is 0 Å². The maximum absolute atomic E-state index is 10.4. The molecule has 5 heteroatoms. The molecule has 1 aliphatic rings. The molecule has 1 aliphatic carbocycles. The van der Waals surface area contributed by atoms with Crippen molar-refractivity contribution < 1.29 is 19.8 Å². The van der Waals surface area contributed by atoms with Crippen LogP contribution in [0.3, 0.4) is 0 Å². The Balaban J connectivity index is 2.74. The van der Waals surface area contributed by atoms with Crippen LogP contribution in [-0.4, -0.2) is 4.05 Å². The van der Waals surface area contributed by atoms with Crippen molar-refractivity contribution in [2.75, 3.05) is 0 Å². The quantitative estimate of drug-likeness (QED) is 0.732. The fraction of sp³-hybridized carbons (Fsp3) is 0.500. The average molecular weight is 349 g/mol. The van der Waals surface area contributed by atoms with Crippen molar-refractivity contribution in [1.29, 1.82) is 0 Å². The van der Waals surface area contributed by atoms with Gasteiger partial charge in [-0.15, -0.1) is 0 Å². The van der Waals surface area contributed by atoms with Crippen LogP contribution in [0, 0.1) is 9.81 Å². The Kier molecular flexibility index (Phi) is 3.26. The molecule has 0 saturated carbocycles. The molecule has 0 N–H and O–H groups in total. The van der Waals surface area contributed by atoms with Crippen molar-refractivity contribution >= 4 is 0 Å². The molecule has 0 radical (unpaired) electrons. The Morgan fingerprint density at radius 2 is 2.15 bits per heavy atom. The first-order chi connectivity index (χ1) is 6.11. The summed E-state index contributed by atoms with van der Waals surface area (Å²) >= 11 is 0.805. The van der Waals surface area contributed by atoms with Crippen molar-refractivity contribution in [3.8, 4) is 0 Å². The predicted octanol–water partition coefficient (Wildman–Crippen LogP) is 2.39. The van der Waals surface area contributed by atoms with E-state index in [0.29, 0.717) is 6.42 Å². The molecule has 0 aromatic carbocycles. The molecule has 69 valence electrons. The van der Waals surface area contributed by atoms with E-state index in [0.717, 1.165) is 37.4 Å². The number of allylic oxidation sites excluding steroid dienone is 3. The number of hydrogen-bond donors (Lipinski definition) is 0. The molecule has 0 spiro atoms. The third-order valence-electron chi connectivity index (χ3n) is 2.02. The zero-order valence-electron chi connectivity index (χ0n) is 7.19. The van der Waals surface area contributed by atoms with Gasteiger partial charge in [0.2, 0.25) is 0 Å². The van der Waals surface area contributed by atoms with Crippen molar-refractivity contribution in [1.82, 2.24) is 0 Å². The van der Waals surface area contributed by atoms with E-state index < -0.39 is 4.05 Å². The molecule has 0 aromatic rings. The van der Waals surface area contributed by atoms with E-state index in [1.54, 1.807) is 0 Å². The minimum atomic E-state index is -1.25. The van der Waals surface area contributed by atoms with Crippen LogP contribution in [0.25, 0.3) is 0 Å². The van der Waals surface area contributed by atoms with Gasteiger partial charge in [-0.25, -0.2) is 0 Å². The van der Waals surface area contributed by atoms with Gasteiger partial charge in [0.1, 0.15) is 0 Å². The van der Waals surface area contributed by atoms with Crippen LogP contribution in [0.2, 0.25) is 0 Å². The summed E-state index contributed by atoms with van der Waals surface area (Å²) in [6, 6.07) is 0. The van der Waals surface area contributed by atoms with E-state index in [1.807, 2.05) is 19.1 Å². The first-order valence-corrected chi connectivity index (χ1v) is 5.32. The summed E-state index contributed by atoms with van der Waals surface area (Å²) in [4.78, 5) is 20.8. The first-order valence-electron chi connectivity index (χ1n) is 3.86. The maximum atomic E-state index is 10.4. The number of rotatable bonds is 4. The van der Waals surface area contributed by atoms with Crippen molar-refractivity contribution in [3.63, 3.8) is 0 Å². The molecule has 0 aromatic heterocycles. The summed E-state index contributed by atoms with van der Waals surface area (Å²) in [5.74, 6) is 0. The molecule has 4 nitrogen and oxygen atoms in total. The van der Waals surface area contributed by atoms with Crippen LogP contribution < -0.4 is 0 Å². The van der Waals surface area contributed by atoms with Gasteiger partial charge in [-0.2, -0.15) is 0 Å². The van der Waals surface area contributed by atoms with Gasteiger partial charge in [-0.3, -0.25) is 0 Å².